The van der Waals surface area contributed by atoms with Gasteiger partial charge in [-0.05, 0) is 70.6 Å². The molecule has 0 atom stereocenters. The number of anilines is 1. The standard InChI is InChI=1S/C20H28Cl2N2O3/c1-20(2,3)27-19(26)24-11-9-14(10-12-24)5-4-6-18(25)23-15-7-8-16(21)17(22)13-15/h7-8,13-14H,4-6,9-12H2,1-3H3,(H,23,25). The van der Waals surface area contributed by atoms with Gasteiger partial charge in [0.15, 0.2) is 0 Å². The van der Waals surface area contributed by atoms with E-state index in [2.05, 4.69) is 5.32 Å². The van der Waals surface area contributed by atoms with E-state index in [0.717, 1.165) is 38.8 Å². The molecule has 0 unspecified atom stereocenters. The molecule has 1 aliphatic heterocycles. The smallest absolute Gasteiger partial charge is 0.410 e. The molecule has 7 heteroatoms. The fourth-order valence-electron chi connectivity index (χ4n) is 3.08. The van der Waals surface area contributed by atoms with Crippen LogP contribution in [0.5, 0.6) is 0 Å². The number of halogens is 2. The molecule has 27 heavy (non-hydrogen) atoms. The molecule has 0 aliphatic carbocycles. The first-order valence-corrected chi connectivity index (χ1v) is 10.1. The van der Waals surface area contributed by atoms with Crippen LogP contribution >= 0.6 is 23.2 Å². The summed E-state index contributed by atoms with van der Waals surface area (Å²) in [7, 11) is 0. The zero-order valence-electron chi connectivity index (χ0n) is 16.2. The van der Waals surface area contributed by atoms with Crippen LogP contribution in [0.2, 0.25) is 10.0 Å². The zero-order valence-corrected chi connectivity index (χ0v) is 17.7. The number of hydrogen-bond donors (Lipinski definition) is 1. The lowest BCUT2D eigenvalue weighted by atomic mass is 9.91. The van der Waals surface area contributed by atoms with Gasteiger partial charge in [0.1, 0.15) is 5.60 Å². The molecule has 1 saturated heterocycles. The lowest BCUT2D eigenvalue weighted by Gasteiger charge is -2.33. The fraction of sp³-hybridized carbons (Fsp3) is 0.600. The number of amides is 2. The molecule has 0 saturated carbocycles. The Balaban J connectivity index is 1.66. The third kappa shape index (κ3) is 7.59. The molecule has 1 N–H and O–H groups in total. The summed E-state index contributed by atoms with van der Waals surface area (Å²) in [5.41, 5.74) is 0.190. The number of carbonyl (C=O) groups is 2. The van der Waals surface area contributed by atoms with Crippen molar-refractivity contribution in [2.45, 2.75) is 58.5 Å². The maximum Gasteiger partial charge on any atom is 0.410 e. The van der Waals surface area contributed by atoms with Crippen LogP contribution in [0, 0.1) is 5.92 Å². The third-order valence-corrected chi connectivity index (χ3v) is 5.22. The predicted molar refractivity (Wildman–Crippen MR) is 109 cm³/mol. The number of ether oxygens (including phenoxy) is 1. The van der Waals surface area contributed by atoms with Gasteiger partial charge in [0.2, 0.25) is 5.91 Å². The average molecular weight is 415 g/mol. The van der Waals surface area contributed by atoms with Gasteiger partial charge in [-0.25, -0.2) is 4.79 Å². The Labute approximate surface area is 171 Å². The maximum absolute atomic E-state index is 12.1. The summed E-state index contributed by atoms with van der Waals surface area (Å²) in [6.45, 7) is 7.06. The number of nitrogens with one attached hydrogen (secondary N) is 1. The molecule has 2 rings (SSSR count). The summed E-state index contributed by atoms with van der Waals surface area (Å²) in [5.74, 6) is 0.515. The monoisotopic (exact) mass is 414 g/mol. The van der Waals surface area contributed by atoms with Gasteiger partial charge in [-0.3, -0.25) is 4.79 Å². The highest BCUT2D eigenvalue weighted by Gasteiger charge is 2.26. The minimum Gasteiger partial charge on any atom is -0.444 e. The van der Waals surface area contributed by atoms with Gasteiger partial charge in [0.05, 0.1) is 10.0 Å². The van der Waals surface area contributed by atoms with E-state index in [9.17, 15) is 9.59 Å². The maximum atomic E-state index is 12.1. The first kappa shape index (κ1) is 21.8. The van der Waals surface area contributed by atoms with E-state index < -0.39 is 5.60 Å². The summed E-state index contributed by atoms with van der Waals surface area (Å²) in [6, 6.07) is 5.05. The van der Waals surface area contributed by atoms with Crippen LogP contribution in [-0.4, -0.2) is 35.6 Å². The molecule has 5 nitrogen and oxygen atoms in total. The van der Waals surface area contributed by atoms with Crippen molar-refractivity contribution in [1.29, 1.82) is 0 Å². The largest absolute Gasteiger partial charge is 0.444 e. The van der Waals surface area contributed by atoms with Crippen molar-refractivity contribution < 1.29 is 14.3 Å². The molecule has 0 bridgehead atoms. The minimum absolute atomic E-state index is 0.0282. The van der Waals surface area contributed by atoms with Crippen LogP contribution < -0.4 is 5.32 Å². The molecule has 1 aromatic carbocycles. The summed E-state index contributed by atoms with van der Waals surface area (Å²) >= 11 is 11.8. The van der Waals surface area contributed by atoms with Crippen LogP contribution in [0.4, 0.5) is 10.5 Å². The van der Waals surface area contributed by atoms with Gasteiger partial charge in [0, 0.05) is 25.2 Å². The van der Waals surface area contributed by atoms with Crippen molar-refractivity contribution in [2.24, 2.45) is 5.92 Å². The number of nitrogens with zero attached hydrogens (tertiary/aromatic N) is 1. The second kappa shape index (κ2) is 9.65. The molecule has 0 spiro atoms. The summed E-state index contributed by atoms with van der Waals surface area (Å²) in [6.07, 6.45) is 3.94. The van der Waals surface area contributed by atoms with Gasteiger partial charge >= 0.3 is 6.09 Å². The van der Waals surface area contributed by atoms with Crippen LogP contribution in [0.1, 0.15) is 52.9 Å². The summed E-state index contributed by atoms with van der Waals surface area (Å²) in [4.78, 5) is 25.9. The van der Waals surface area contributed by atoms with E-state index in [1.54, 1.807) is 23.1 Å². The van der Waals surface area contributed by atoms with Crippen molar-refractivity contribution in [2.75, 3.05) is 18.4 Å². The Hall–Kier alpha value is -1.46. The lowest BCUT2D eigenvalue weighted by Crippen LogP contribution is -2.41. The van der Waals surface area contributed by atoms with E-state index in [-0.39, 0.29) is 12.0 Å². The van der Waals surface area contributed by atoms with E-state index in [0.29, 0.717) is 28.1 Å². The zero-order chi connectivity index (χ0) is 20.0. The number of hydrogen-bond acceptors (Lipinski definition) is 3. The quantitative estimate of drug-likeness (QED) is 0.666. The van der Waals surface area contributed by atoms with Gasteiger partial charge < -0.3 is 15.0 Å². The van der Waals surface area contributed by atoms with Crippen LogP contribution in [-0.2, 0) is 9.53 Å². The number of likely N-dealkylation sites (tertiary alicyclic amines) is 1. The molecule has 1 aliphatic rings. The van der Waals surface area contributed by atoms with E-state index in [1.165, 1.54) is 0 Å². The molecular weight excluding hydrogens is 387 g/mol. The van der Waals surface area contributed by atoms with Gasteiger partial charge in [0.25, 0.3) is 0 Å². The summed E-state index contributed by atoms with van der Waals surface area (Å²) in [5, 5.41) is 3.73. The van der Waals surface area contributed by atoms with Crippen LogP contribution in [0.3, 0.4) is 0 Å². The molecule has 1 heterocycles. The molecule has 1 aromatic rings. The molecular formula is C20H28Cl2N2O3. The Kier molecular flexibility index (Phi) is 7.80. The van der Waals surface area contributed by atoms with Crippen molar-refractivity contribution in [1.82, 2.24) is 4.90 Å². The number of rotatable bonds is 5. The lowest BCUT2D eigenvalue weighted by molar-refractivity contribution is -0.116. The fourth-order valence-corrected chi connectivity index (χ4v) is 3.38. The van der Waals surface area contributed by atoms with Crippen molar-refractivity contribution in [3.63, 3.8) is 0 Å². The normalized spacial score (nSPS) is 15.5. The average Bonchev–Trinajstić information content (AvgIpc) is 2.57. The first-order chi connectivity index (χ1) is 12.6. The Bertz CT molecular complexity index is 666. The SMILES string of the molecule is CC(C)(C)OC(=O)N1CCC(CCCC(=O)Nc2ccc(Cl)c(Cl)c2)CC1. The van der Waals surface area contributed by atoms with Gasteiger partial charge in [-0.1, -0.05) is 23.2 Å². The van der Waals surface area contributed by atoms with E-state index >= 15 is 0 Å². The topological polar surface area (TPSA) is 58.6 Å². The third-order valence-electron chi connectivity index (χ3n) is 4.49. The van der Waals surface area contributed by atoms with Crippen LogP contribution in [0.25, 0.3) is 0 Å². The highest BCUT2D eigenvalue weighted by Crippen LogP contribution is 2.26. The number of benzene rings is 1. The highest BCUT2D eigenvalue weighted by atomic mass is 35.5. The summed E-state index contributed by atoms with van der Waals surface area (Å²) < 4.78 is 5.41. The van der Waals surface area contributed by atoms with E-state index in [1.807, 2.05) is 20.8 Å². The molecule has 0 radical (unpaired) electrons. The molecule has 0 aromatic heterocycles. The molecule has 1 fully saturated rings. The number of piperidine rings is 1. The first-order valence-electron chi connectivity index (χ1n) is 9.37. The second-order valence-corrected chi connectivity index (χ2v) is 8.79. The predicted octanol–water partition coefficient (Wildman–Crippen LogP) is 5.75. The Morgan fingerprint density at radius 2 is 1.85 bits per heavy atom. The van der Waals surface area contributed by atoms with Gasteiger partial charge in [-0.2, -0.15) is 0 Å². The minimum atomic E-state index is -0.463. The van der Waals surface area contributed by atoms with Crippen LogP contribution in [0.15, 0.2) is 18.2 Å². The Morgan fingerprint density at radius 1 is 1.19 bits per heavy atom. The second-order valence-electron chi connectivity index (χ2n) is 7.98. The van der Waals surface area contributed by atoms with Crippen molar-refractivity contribution >= 4 is 40.9 Å². The molecule has 150 valence electrons. The Morgan fingerprint density at radius 3 is 2.44 bits per heavy atom. The highest BCUT2D eigenvalue weighted by molar-refractivity contribution is 6.42. The van der Waals surface area contributed by atoms with E-state index in [4.69, 9.17) is 27.9 Å². The van der Waals surface area contributed by atoms with Crippen molar-refractivity contribution in [3.8, 4) is 0 Å². The molecule has 2 amide bonds. The van der Waals surface area contributed by atoms with Crippen molar-refractivity contribution in [3.05, 3.63) is 28.2 Å². The number of carbonyl (C=O) groups excluding carboxylic acids is 2. The van der Waals surface area contributed by atoms with Gasteiger partial charge in [-0.15, -0.1) is 0 Å².